The van der Waals surface area contributed by atoms with Gasteiger partial charge in [0.2, 0.25) is 0 Å². The molecule has 25 heavy (non-hydrogen) atoms. The maximum atomic E-state index is 12.4. The standard InChI is InChI=1S/C18H18N4O3/c23-17(21-16-12-9-22(18(24)25)10-13(12)16)14-7-4-8-15(20-14)19-11-5-2-1-3-6-11/h1-8,12-13,16H,9-10H2,(H,19,20)(H,21,23)(H,24,25)/t12-,13+,16?. The van der Waals surface area contributed by atoms with Crippen LogP contribution < -0.4 is 10.6 Å². The summed E-state index contributed by atoms with van der Waals surface area (Å²) in [6.45, 7) is 0.988. The second-order valence-electron chi connectivity index (χ2n) is 6.41. The van der Waals surface area contributed by atoms with E-state index in [1.54, 1.807) is 18.2 Å². The van der Waals surface area contributed by atoms with Crippen molar-refractivity contribution in [2.75, 3.05) is 18.4 Å². The minimum Gasteiger partial charge on any atom is -0.465 e. The van der Waals surface area contributed by atoms with Gasteiger partial charge in [0, 0.05) is 36.7 Å². The first-order valence-electron chi connectivity index (χ1n) is 8.20. The van der Waals surface area contributed by atoms with Crippen molar-refractivity contribution in [3.63, 3.8) is 0 Å². The van der Waals surface area contributed by atoms with E-state index >= 15 is 0 Å². The number of rotatable bonds is 4. The number of carbonyl (C=O) groups is 2. The second kappa shape index (κ2) is 6.08. The van der Waals surface area contributed by atoms with Gasteiger partial charge in [-0.1, -0.05) is 24.3 Å². The summed E-state index contributed by atoms with van der Waals surface area (Å²) >= 11 is 0. The molecule has 1 unspecified atom stereocenters. The molecule has 3 N–H and O–H groups in total. The Morgan fingerprint density at radius 2 is 1.76 bits per heavy atom. The molecule has 2 aliphatic rings. The molecule has 1 aliphatic heterocycles. The van der Waals surface area contributed by atoms with Crippen LogP contribution in [0.4, 0.5) is 16.3 Å². The van der Waals surface area contributed by atoms with Gasteiger partial charge in [0.1, 0.15) is 11.5 Å². The van der Waals surface area contributed by atoms with Crippen LogP contribution in [0.15, 0.2) is 48.5 Å². The molecule has 0 bridgehead atoms. The molecule has 1 saturated carbocycles. The van der Waals surface area contributed by atoms with Gasteiger partial charge in [-0.25, -0.2) is 9.78 Å². The Morgan fingerprint density at radius 1 is 1.04 bits per heavy atom. The molecule has 2 aromatic rings. The number of para-hydroxylation sites is 1. The fourth-order valence-corrected chi connectivity index (χ4v) is 3.42. The third-order valence-corrected chi connectivity index (χ3v) is 4.79. The van der Waals surface area contributed by atoms with Crippen LogP contribution in [0, 0.1) is 11.8 Å². The highest BCUT2D eigenvalue weighted by Crippen LogP contribution is 2.45. The maximum Gasteiger partial charge on any atom is 0.407 e. The minimum absolute atomic E-state index is 0.0515. The van der Waals surface area contributed by atoms with Gasteiger partial charge >= 0.3 is 6.09 Å². The van der Waals surface area contributed by atoms with Crippen LogP contribution >= 0.6 is 0 Å². The highest BCUT2D eigenvalue weighted by atomic mass is 16.4. The van der Waals surface area contributed by atoms with E-state index in [0.29, 0.717) is 24.6 Å². The molecule has 128 valence electrons. The number of piperidine rings is 1. The molecule has 4 rings (SSSR count). The molecule has 1 aliphatic carbocycles. The number of carbonyl (C=O) groups excluding carboxylic acids is 1. The van der Waals surface area contributed by atoms with Crippen LogP contribution in [-0.4, -0.2) is 46.1 Å². The van der Waals surface area contributed by atoms with Crippen LogP contribution in [0.2, 0.25) is 0 Å². The van der Waals surface area contributed by atoms with Crippen LogP contribution in [-0.2, 0) is 0 Å². The highest BCUT2D eigenvalue weighted by molar-refractivity contribution is 5.93. The summed E-state index contributed by atoms with van der Waals surface area (Å²) in [5.74, 6) is 0.834. The number of nitrogens with zero attached hydrogens (tertiary/aromatic N) is 2. The normalized spacial score (nSPS) is 23.7. The molecule has 0 radical (unpaired) electrons. The Morgan fingerprint density at radius 3 is 2.44 bits per heavy atom. The fraction of sp³-hybridized carbons (Fsp3) is 0.278. The molecule has 2 heterocycles. The number of hydrogen-bond donors (Lipinski definition) is 3. The first kappa shape index (κ1) is 15.4. The van der Waals surface area contributed by atoms with Crippen LogP contribution in [0.3, 0.4) is 0 Å². The van der Waals surface area contributed by atoms with Gasteiger partial charge in [0.15, 0.2) is 0 Å². The zero-order valence-electron chi connectivity index (χ0n) is 13.4. The van der Waals surface area contributed by atoms with Gasteiger partial charge in [-0.05, 0) is 24.3 Å². The number of fused-ring (bicyclic) bond motifs is 1. The topological polar surface area (TPSA) is 94.6 Å². The molecule has 7 nitrogen and oxygen atoms in total. The SMILES string of the molecule is O=C(NC1[C@H]2CN(C(=O)O)C[C@@H]12)c1cccc(Nc2ccccc2)n1. The van der Waals surface area contributed by atoms with E-state index in [9.17, 15) is 9.59 Å². The van der Waals surface area contributed by atoms with E-state index in [1.807, 2.05) is 30.3 Å². The Balaban J connectivity index is 1.37. The lowest BCUT2D eigenvalue weighted by molar-refractivity contribution is 0.0938. The number of hydrogen-bond acceptors (Lipinski definition) is 4. The van der Waals surface area contributed by atoms with Crippen molar-refractivity contribution in [3.05, 3.63) is 54.2 Å². The van der Waals surface area contributed by atoms with Crippen molar-refractivity contribution in [2.24, 2.45) is 11.8 Å². The molecule has 1 aromatic carbocycles. The average molecular weight is 338 g/mol. The molecule has 1 aromatic heterocycles. The first-order valence-corrected chi connectivity index (χ1v) is 8.20. The van der Waals surface area contributed by atoms with E-state index in [4.69, 9.17) is 5.11 Å². The molecule has 1 saturated heterocycles. The largest absolute Gasteiger partial charge is 0.465 e. The molecule has 2 amide bonds. The van der Waals surface area contributed by atoms with E-state index in [0.717, 1.165) is 5.69 Å². The van der Waals surface area contributed by atoms with Crippen LogP contribution in [0.5, 0.6) is 0 Å². The predicted molar refractivity (Wildman–Crippen MR) is 91.8 cm³/mol. The molecular weight excluding hydrogens is 320 g/mol. The monoisotopic (exact) mass is 338 g/mol. The summed E-state index contributed by atoms with van der Waals surface area (Å²) in [5, 5.41) is 15.1. The lowest BCUT2D eigenvalue weighted by Crippen LogP contribution is -2.37. The first-order chi connectivity index (χ1) is 12.1. The number of aromatic nitrogens is 1. The molecule has 7 heteroatoms. The fourth-order valence-electron chi connectivity index (χ4n) is 3.42. The average Bonchev–Trinajstić information content (AvgIpc) is 3.05. The lowest BCUT2D eigenvalue weighted by Gasteiger charge is -2.16. The van der Waals surface area contributed by atoms with Crippen LogP contribution in [0.25, 0.3) is 0 Å². The lowest BCUT2D eigenvalue weighted by atomic mass is 10.3. The molecule has 0 spiro atoms. The molecule has 2 fully saturated rings. The van der Waals surface area contributed by atoms with Crippen molar-refractivity contribution in [3.8, 4) is 0 Å². The van der Waals surface area contributed by atoms with Crippen molar-refractivity contribution in [1.82, 2.24) is 15.2 Å². The third kappa shape index (κ3) is 3.13. The Kier molecular flexibility index (Phi) is 3.76. The quantitative estimate of drug-likeness (QED) is 0.794. The summed E-state index contributed by atoms with van der Waals surface area (Å²) in [5.41, 5.74) is 1.25. The number of nitrogens with one attached hydrogen (secondary N) is 2. The summed E-state index contributed by atoms with van der Waals surface area (Å²) < 4.78 is 0. The van der Waals surface area contributed by atoms with E-state index in [1.165, 1.54) is 4.90 Å². The maximum absolute atomic E-state index is 12.4. The number of anilines is 2. The summed E-state index contributed by atoms with van der Waals surface area (Å²) in [4.78, 5) is 29.1. The van der Waals surface area contributed by atoms with Gasteiger partial charge in [0.05, 0.1) is 0 Å². The summed E-state index contributed by atoms with van der Waals surface area (Å²) in [6.07, 6.45) is -0.890. The Hall–Kier alpha value is -3.09. The summed E-state index contributed by atoms with van der Waals surface area (Å²) in [7, 11) is 0. The van der Waals surface area contributed by atoms with Crippen molar-refractivity contribution in [2.45, 2.75) is 6.04 Å². The zero-order chi connectivity index (χ0) is 17.4. The molecular formula is C18H18N4O3. The summed E-state index contributed by atoms with van der Waals surface area (Å²) in [6, 6.07) is 14.9. The number of carboxylic acid groups (broad SMARTS) is 1. The van der Waals surface area contributed by atoms with Gasteiger partial charge in [-0.3, -0.25) is 4.79 Å². The van der Waals surface area contributed by atoms with E-state index in [2.05, 4.69) is 15.6 Å². The number of amides is 2. The number of pyridine rings is 1. The van der Waals surface area contributed by atoms with Gasteiger partial charge in [-0.2, -0.15) is 0 Å². The van der Waals surface area contributed by atoms with Crippen molar-refractivity contribution >= 4 is 23.5 Å². The van der Waals surface area contributed by atoms with Gasteiger partial charge in [0.25, 0.3) is 5.91 Å². The number of benzene rings is 1. The third-order valence-electron chi connectivity index (χ3n) is 4.79. The van der Waals surface area contributed by atoms with Gasteiger partial charge in [-0.15, -0.1) is 0 Å². The predicted octanol–water partition coefficient (Wildman–Crippen LogP) is 2.16. The second-order valence-corrected chi connectivity index (χ2v) is 6.41. The molecule has 3 atom stereocenters. The van der Waals surface area contributed by atoms with Gasteiger partial charge < -0.3 is 20.6 Å². The Bertz CT molecular complexity index is 799. The zero-order valence-corrected chi connectivity index (χ0v) is 13.4. The van der Waals surface area contributed by atoms with Crippen LogP contribution in [0.1, 0.15) is 10.5 Å². The smallest absolute Gasteiger partial charge is 0.407 e. The number of likely N-dealkylation sites (tertiary alicyclic amines) is 1. The highest BCUT2D eigenvalue weighted by Gasteiger charge is 2.57. The van der Waals surface area contributed by atoms with E-state index < -0.39 is 6.09 Å². The van der Waals surface area contributed by atoms with Crippen molar-refractivity contribution < 1.29 is 14.7 Å². The Labute approximate surface area is 144 Å². The van der Waals surface area contributed by atoms with E-state index in [-0.39, 0.29) is 23.8 Å². The minimum atomic E-state index is -0.890. The van der Waals surface area contributed by atoms with Crippen molar-refractivity contribution in [1.29, 1.82) is 0 Å².